The van der Waals surface area contributed by atoms with Crippen molar-refractivity contribution in [1.29, 1.82) is 0 Å². The fraction of sp³-hybridized carbons (Fsp3) is 0.231. The zero-order chi connectivity index (χ0) is 13.8. The Labute approximate surface area is 120 Å². The third kappa shape index (κ3) is 3.28. The second kappa shape index (κ2) is 6.08. The van der Waals surface area contributed by atoms with E-state index in [1.807, 2.05) is 12.1 Å². The second-order valence-electron chi connectivity index (χ2n) is 3.94. The number of rotatable bonds is 4. The maximum atomic E-state index is 11.3. The number of carbonyl (C=O) groups excluding carboxylic acids is 1. The molecule has 19 heavy (non-hydrogen) atoms. The van der Waals surface area contributed by atoms with Crippen LogP contribution in [0.25, 0.3) is 0 Å². The smallest absolute Gasteiger partial charge is 0.325 e. The van der Waals surface area contributed by atoms with E-state index in [-0.39, 0.29) is 12.5 Å². The van der Waals surface area contributed by atoms with Crippen molar-refractivity contribution in [1.82, 2.24) is 9.55 Å². The molecule has 0 saturated heterocycles. The molecule has 0 atom stereocenters. The molecule has 2 rings (SSSR count). The minimum absolute atomic E-state index is 0.129. The zero-order valence-corrected chi connectivity index (χ0v) is 11.8. The van der Waals surface area contributed by atoms with Crippen LogP contribution < -0.4 is 0 Å². The summed E-state index contributed by atoms with van der Waals surface area (Å²) in [4.78, 5) is 15.5. The predicted molar refractivity (Wildman–Crippen MR) is 73.5 cm³/mol. The van der Waals surface area contributed by atoms with Crippen LogP contribution in [0.2, 0.25) is 10.0 Å². The highest BCUT2D eigenvalue weighted by atomic mass is 35.5. The van der Waals surface area contributed by atoms with Crippen molar-refractivity contribution in [3.63, 3.8) is 0 Å². The van der Waals surface area contributed by atoms with E-state index < -0.39 is 0 Å². The molecule has 1 aromatic heterocycles. The fourth-order valence-electron chi connectivity index (χ4n) is 1.71. The molecule has 0 fully saturated rings. The highest BCUT2D eigenvalue weighted by molar-refractivity contribution is 6.42. The minimum atomic E-state index is -0.323. The zero-order valence-electron chi connectivity index (χ0n) is 10.3. The summed E-state index contributed by atoms with van der Waals surface area (Å²) in [6.07, 6.45) is 3.87. The Morgan fingerprint density at radius 2 is 2.21 bits per heavy atom. The Morgan fingerprint density at radius 3 is 2.95 bits per heavy atom. The van der Waals surface area contributed by atoms with Crippen molar-refractivity contribution >= 4 is 29.2 Å². The van der Waals surface area contributed by atoms with Gasteiger partial charge in [-0.25, -0.2) is 4.98 Å². The van der Waals surface area contributed by atoms with Crippen LogP contribution in [0, 0.1) is 0 Å². The van der Waals surface area contributed by atoms with Gasteiger partial charge in [0, 0.05) is 18.8 Å². The highest BCUT2D eigenvalue weighted by Gasteiger charge is 2.11. The molecule has 0 aliphatic carbocycles. The molecule has 0 bridgehead atoms. The summed E-state index contributed by atoms with van der Waals surface area (Å²) < 4.78 is 6.36. The average Bonchev–Trinajstić information content (AvgIpc) is 2.82. The first-order valence-electron chi connectivity index (χ1n) is 5.61. The SMILES string of the molecule is COC(=O)Cn1ccnc1Cc1cccc(Cl)c1Cl. The summed E-state index contributed by atoms with van der Waals surface area (Å²) in [6.45, 7) is 0.129. The van der Waals surface area contributed by atoms with Gasteiger partial charge in [-0.2, -0.15) is 0 Å². The van der Waals surface area contributed by atoms with E-state index in [9.17, 15) is 4.79 Å². The van der Waals surface area contributed by atoms with Gasteiger partial charge in [0.15, 0.2) is 0 Å². The average molecular weight is 299 g/mol. The fourth-order valence-corrected chi connectivity index (χ4v) is 2.10. The number of methoxy groups -OCH3 is 1. The van der Waals surface area contributed by atoms with Gasteiger partial charge in [0.25, 0.3) is 0 Å². The number of imidazole rings is 1. The van der Waals surface area contributed by atoms with Gasteiger partial charge in [0.2, 0.25) is 0 Å². The van der Waals surface area contributed by atoms with Gasteiger partial charge < -0.3 is 9.30 Å². The van der Waals surface area contributed by atoms with E-state index in [4.69, 9.17) is 23.2 Å². The number of aromatic nitrogens is 2. The molecule has 2 aromatic rings. The largest absolute Gasteiger partial charge is 0.468 e. The summed E-state index contributed by atoms with van der Waals surface area (Å²) >= 11 is 12.1. The van der Waals surface area contributed by atoms with E-state index in [0.29, 0.717) is 16.5 Å². The monoisotopic (exact) mass is 298 g/mol. The first-order valence-corrected chi connectivity index (χ1v) is 6.37. The standard InChI is InChI=1S/C13H12Cl2N2O2/c1-19-12(18)8-17-6-5-16-11(17)7-9-3-2-4-10(14)13(9)15/h2-6H,7-8H2,1H3. The molecule has 0 N–H and O–H groups in total. The van der Waals surface area contributed by atoms with Gasteiger partial charge in [0.1, 0.15) is 12.4 Å². The molecule has 4 nitrogen and oxygen atoms in total. The minimum Gasteiger partial charge on any atom is -0.468 e. The molecule has 0 saturated carbocycles. The molecule has 0 spiro atoms. The lowest BCUT2D eigenvalue weighted by molar-refractivity contribution is -0.141. The Kier molecular flexibility index (Phi) is 4.45. The van der Waals surface area contributed by atoms with Gasteiger partial charge in [-0.3, -0.25) is 4.79 Å². The molecule has 0 aliphatic heterocycles. The Hall–Kier alpha value is -1.52. The number of hydrogen-bond donors (Lipinski definition) is 0. The van der Waals surface area contributed by atoms with Crippen LogP contribution in [0.4, 0.5) is 0 Å². The molecule has 100 valence electrons. The van der Waals surface area contributed by atoms with Crippen LogP contribution in [0.1, 0.15) is 11.4 Å². The van der Waals surface area contributed by atoms with Gasteiger partial charge in [-0.1, -0.05) is 35.3 Å². The number of halogens is 2. The van der Waals surface area contributed by atoms with Crippen LogP contribution >= 0.6 is 23.2 Å². The maximum absolute atomic E-state index is 11.3. The summed E-state index contributed by atoms with van der Waals surface area (Å²) in [5, 5.41) is 1.02. The first kappa shape index (κ1) is 13.9. The van der Waals surface area contributed by atoms with Crippen molar-refractivity contribution in [2.24, 2.45) is 0 Å². The van der Waals surface area contributed by atoms with Crippen molar-refractivity contribution in [2.45, 2.75) is 13.0 Å². The lowest BCUT2D eigenvalue weighted by Crippen LogP contribution is -2.13. The molecule has 1 heterocycles. The van der Waals surface area contributed by atoms with Crippen molar-refractivity contribution < 1.29 is 9.53 Å². The van der Waals surface area contributed by atoms with E-state index in [1.54, 1.807) is 23.0 Å². The van der Waals surface area contributed by atoms with Crippen molar-refractivity contribution in [3.05, 3.63) is 52.0 Å². The molecular formula is C13H12Cl2N2O2. The van der Waals surface area contributed by atoms with E-state index >= 15 is 0 Å². The van der Waals surface area contributed by atoms with E-state index in [0.717, 1.165) is 11.4 Å². The Bertz CT molecular complexity index is 596. The Balaban J connectivity index is 2.22. The number of ether oxygens (including phenoxy) is 1. The summed E-state index contributed by atoms with van der Waals surface area (Å²) in [5.74, 6) is 0.408. The highest BCUT2D eigenvalue weighted by Crippen LogP contribution is 2.27. The molecule has 0 unspecified atom stereocenters. The van der Waals surface area contributed by atoms with Crippen molar-refractivity contribution in [3.8, 4) is 0 Å². The van der Waals surface area contributed by atoms with Crippen LogP contribution in [0.5, 0.6) is 0 Å². The lowest BCUT2D eigenvalue weighted by Gasteiger charge is -2.08. The number of carbonyl (C=O) groups is 1. The normalized spacial score (nSPS) is 10.5. The summed E-state index contributed by atoms with van der Waals surface area (Å²) in [7, 11) is 1.35. The topological polar surface area (TPSA) is 44.1 Å². The van der Waals surface area contributed by atoms with Gasteiger partial charge in [-0.15, -0.1) is 0 Å². The third-order valence-electron chi connectivity index (χ3n) is 2.71. The molecule has 0 aliphatic rings. The van der Waals surface area contributed by atoms with Gasteiger partial charge in [-0.05, 0) is 11.6 Å². The second-order valence-corrected chi connectivity index (χ2v) is 4.72. The number of benzene rings is 1. The van der Waals surface area contributed by atoms with Crippen LogP contribution in [0.15, 0.2) is 30.6 Å². The molecule has 0 radical (unpaired) electrons. The predicted octanol–water partition coefficient (Wildman–Crippen LogP) is 2.95. The van der Waals surface area contributed by atoms with E-state index in [1.165, 1.54) is 7.11 Å². The molecule has 0 amide bonds. The Morgan fingerprint density at radius 1 is 1.42 bits per heavy atom. The maximum Gasteiger partial charge on any atom is 0.325 e. The number of esters is 1. The van der Waals surface area contributed by atoms with Crippen molar-refractivity contribution in [2.75, 3.05) is 7.11 Å². The van der Waals surface area contributed by atoms with Gasteiger partial charge in [0.05, 0.1) is 17.2 Å². The van der Waals surface area contributed by atoms with E-state index in [2.05, 4.69) is 9.72 Å². The molecule has 6 heteroatoms. The number of hydrogen-bond acceptors (Lipinski definition) is 3. The third-order valence-corrected chi connectivity index (χ3v) is 3.57. The summed E-state index contributed by atoms with van der Waals surface area (Å²) in [5.41, 5.74) is 0.867. The summed E-state index contributed by atoms with van der Waals surface area (Å²) in [6, 6.07) is 5.44. The van der Waals surface area contributed by atoms with Crippen LogP contribution in [-0.4, -0.2) is 22.6 Å². The van der Waals surface area contributed by atoms with Crippen LogP contribution in [0.3, 0.4) is 0 Å². The first-order chi connectivity index (χ1) is 9.11. The van der Waals surface area contributed by atoms with Crippen LogP contribution in [-0.2, 0) is 22.5 Å². The lowest BCUT2D eigenvalue weighted by atomic mass is 10.1. The quantitative estimate of drug-likeness (QED) is 0.815. The molecular weight excluding hydrogens is 287 g/mol. The van der Waals surface area contributed by atoms with Gasteiger partial charge >= 0.3 is 5.97 Å². The molecule has 1 aromatic carbocycles. The number of nitrogens with zero attached hydrogens (tertiary/aromatic N) is 2.